The van der Waals surface area contributed by atoms with Crippen LogP contribution < -0.4 is 9.47 Å². The van der Waals surface area contributed by atoms with Crippen LogP contribution in [0.2, 0.25) is 0 Å². The zero-order valence-electron chi connectivity index (χ0n) is 19.6. The molecule has 8 nitrogen and oxygen atoms in total. The number of ether oxygens (including phenoxy) is 3. The van der Waals surface area contributed by atoms with Gasteiger partial charge in [-0.2, -0.15) is 0 Å². The van der Waals surface area contributed by atoms with Crippen molar-refractivity contribution >= 4 is 28.9 Å². The van der Waals surface area contributed by atoms with Gasteiger partial charge in [-0.15, -0.1) is 11.3 Å². The van der Waals surface area contributed by atoms with E-state index in [-0.39, 0.29) is 49.4 Å². The predicted octanol–water partition coefficient (Wildman–Crippen LogP) is 3.25. The molecule has 178 valence electrons. The third-order valence-corrected chi connectivity index (χ3v) is 6.62. The SMILES string of the molecule is COc1cc(CO[C@@H]2CN(C(=O)c3ccc(C(C)=O)s3)CC(=O)N(C(C)C)C2)cc(OC)c1. The number of ketones is 1. The van der Waals surface area contributed by atoms with Crippen molar-refractivity contribution in [3.8, 4) is 11.5 Å². The molecule has 1 aliphatic rings. The molecule has 1 aliphatic heterocycles. The Morgan fingerprint density at radius 1 is 1.06 bits per heavy atom. The Balaban J connectivity index is 1.79. The molecule has 3 rings (SSSR count). The van der Waals surface area contributed by atoms with Crippen LogP contribution in [-0.4, -0.2) is 73.4 Å². The molecule has 0 unspecified atom stereocenters. The summed E-state index contributed by atoms with van der Waals surface area (Å²) >= 11 is 1.14. The highest BCUT2D eigenvalue weighted by atomic mass is 32.1. The molecule has 1 atom stereocenters. The Morgan fingerprint density at radius 2 is 1.70 bits per heavy atom. The van der Waals surface area contributed by atoms with Gasteiger partial charge in [0.05, 0.1) is 36.7 Å². The van der Waals surface area contributed by atoms with E-state index in [4.69, 9.17) is 14.2 Å². The summed E-state index contributed by atoms with van der Waals surface area (Å²) in [7, 11) is 3.17. The molecule has 1 fully saturated rings. The highest BCUT2D eigenvalue weighted by molar-refractivity contribution is 7.15. The summed E-state index contributed by atoms with van der Waals surface area (Å²) in [6.07, 6.45) is -0.382. The van der Waals surface area contributed by atoms with Crippen LogP contribution >= 0.6 is 11.3 Å². The maximum atomic E-state index is 13.2. The van der Waals surface area contributed by atoms with Crippen LogP contribution in [0.1, 0.15) is 45.7 Å². The first-order valence-electron chi connectivity index (χ1n) is 10.7. The lowest BCUT2D eigenvalue weighted by molar-refractivity contribution is -0.133. The van der Waals surface area contributed by atoms with Crippen LogP contribution in [-0.2, 0) is 16.1 Å². The van der Waals surface area contributed by atoms with Gasteiger partial charge in [-0.3, -0.25) is 14.4 Å². The second-order valence-electron chi connectivity index (χ2n) is 8.20. The van der Waals surface area contributed by atoms with E-state index in [9.17, 15) is 14.4 Å². The van der Waals surface area contributed by atoms with Crippen LogP contribution in [0.5, 0.6) is 11.5 Å². The third kappa shape index (κ3) is 6.11. The molecule has 0 bridgehead atoms. The minimum Gasteiger partial charge on any atom is -0.497 e. The molecule has 0 saturated carbocycles. The van der Waals surface area contributed by atoms with Crippen molar-refractivity contribution < 1.29 is 28.6 Å². The minimum absolute atomic E-state index is 0.0263. The summed E-state index contributed by atoms with van der Waals surface area (Å²) in [4.78, 5) is 41.9. The Labute approximate surface area is 198 Å². The Kier molecular flexibility index (Phi) is 8.10. The molecule has 2 heterocycles. The number of methoxy groups -OCH3 is 2. The highest BCUT2D eigenvalue weighted by Crippen LogP contribution is 2.24. The second-order valence-corrected chi connectivity index (χ2v) is 9.28. The van der Waals surface area contributed by atoms with Gasteiger partial charge in [0.25, 0.3) is 5.91 Å². The molecular formula is C24H30N2O6S. The quantitative estimate of drug-likeness (QED) is 0.546. The molecule has 1 aromatic heterocycles. The van der Waals surface area contributed by atoms with Gasteiger partial charge >= 0.3 is 0 Å². The lowest BCUT2D eigenvalue weighted by Crippen LogP contribution is -2.42. The second kappa shape index (κ2) is 10.8. The number of nitrogens with zero attached hydrogens (tertiary/aromatic N) is 2. The van der Waals surface area contributed by atoms with E-state index in [1.54, 1.807) is 37.3 Å². The average Bonchev–Trinajstić information content (AvgIpc) is 3.23. The van der Waals surface area contributed by atoms with E-state index < -0.39 is 0 Å². The van der Waals surface area contributed by atoms with Gasteiger partial charge in [-0.05, 0) is 50.6 Å². The molecule has 1 saturated heterocycles. The number of carbonyl (C=O) groups excluding carboxylic acids is 3. The summed E-state index contributed by atoms with van der Waals surface area (Å²) in [5, 5.41) is 0. The number of Topliss-reactive ketones (excluding diaryl/α,β-unsaturated/α-hetero) is 1. The summed E-state index contributed by atoms with van der Waals surface area (Å²) < 4.78 is 16.8. The summed E-state index contributed by atoms with van der Waals surface area (Å²) in [6.45, 7) is 6.24. The first kappa shape index (κ1) is 24.7. The van der Waals surface area contributed by atoms with Crippen molar-refractivity contribution in [3.05, 3.63) is 45.6 Å². The zero-order chi connectivity index (χ0) is 24.1. The monoisotopic (exact) mass is 474 g/mol. The number of carbonyl (C=O) groups is 3. The largest absolute Gasteiger partial charge is 0.497 e. The number of amides is 2. The zero-order valence-corrected chi connectivity index (χ0v) is 20.4. The molecule has 2 amide bonds. The fourth-order valence-corrected chi connectivity index (χ4v) is 4.53. The summed E-state index contributed by atoms with van der Waals surface area (Å²) in [5.74, 6) is 0.818. The minimum atomic E-state index is -0.382. The van der Waals surface area contributed by atoms with Gasteiger partial charge in [0, 0.05) is 25.2 Å². The van der Waals surface area contributed by atoms with Crippen molar-refractivity contribution in [1.82, 2.24) is 9.80 Å². The molecule has 1 aromatic carbocycles. The van der Waals surface area contributed by atoms with Crippen LogP contribution in [0.4, 0.5) is 0 Å². The Morgan fingerprint density at radius 3 is 2.24 bits per heavy atom. The highest BCUT2D eigenvalue weighted by Gasteiger charge is 2.33. The molecule has 0 N–H and O–H groups in total. The van der Waals surface area contributed by atoms with Gasteiger partial charge in [0.15, 0.2) is 5.78 Å². The van der Waals surface area contributed by atoms with E-state index in [0.717, 1.165) is 16.9 Å². The number of thiophene rings is 1. The van der Waals surface area contributed by atoms with Crippen LogP contribution in [0.25, 0.3) is 0 Å². The maximum absolute atomic E-state index is 13.2. The van der Waals surface area contributed by atoms with Crippen LogP contribution in [0, 0.1) is 0 Å². The first-order valence-corrected chi connectivity index (χ1v) is 11.6. The standard InChI is InChI=1S/C24H30N2O6S/c1-15(2)26-12-20(32-14-17-8-18(30-4)10-19(9-17)31-5)11-25(13-23(26)28)24(29)22-7-6-21(33-22)16(3)27/h6-10,15,20H,11-14H2,1-5H3/t20-/m1/s1. The first-order chi connectivity index (χ1) is 15.7. The molecule has 9 heteroatoms. The molecule has 0 aliphatic carbocycles. The Hall–Kier alpha value is -2.91. The average molecular weight is 475 g/mol. The van der Waals surface area contributed by atoms with Gasteiger partial charge in [0.1, 0.15) is 18.0 Å². The van der Waals surface area contributed by atoms with Gasteiger partial charge in [0.2, 0.25) is 5.91 Å². The number of rotatable bonds is 8. The Bertz CT molecular complexity index is 996. The topological polar surface area (TPSA) is 85.4 Å². The van der Waals surface area contributed by atoms with Crippen molar-refractivity contribution in [2.24, 2.45) is 0 Å². The smallest absolute Gasteiger partial charge is 0.264 e. The lowest BCUT2D eigenvalue weighted by Gasteiger charge is -2.27. The summed E-state index contributed by atoms with van der Waals surface area (Å²) in [6, 6.07) is 8.76. The van der Waals surface area contributed by atoms with Crippen LogP contribution in [0.15, 0.2) is 30.3 Å². The molecule has 33 heavy (non-hydrogen) atoms. The van der Waals surface area contributed by atoms with Crippen molar-refractivity contribution in [2.45, 2.75) is 39.5 Å². The molecule has 0 spiro atoms. The van der Waals surface area contributed by atoms with E-state index in [0.29, 0.717) is 27.8 Å². The van der Waals surface area contributed by atoms with Gasteiger partial charge in [-0.1, -0.05) is 0 Å². The van der Waals surface area contributed by atoms with Crippen molar-refractivity contribution in [3.63, 3.8) is 0 Å². The number of hydrogen-bond acceptors (Lipinski definition) is 7. The normalized spacial score (nSPS) is 16.7. The number of benzene rings is 1. The summed E-state index contributed by atoms with van der Waals surface area (Å²) in [5.41, 5.74) is 0.861. The predicted molar refractivity (Wildman–Crippen MR) is 125 cm³/mol. The molecule has 0 radical (unpaired) electrons. The number of hydrogen-bond donors (Lipinski definition) is 0. The molecule has 2 aromatic rings. The van der Waals surface area contributed by atoms with Gasteiger partial charge in [-0.25, -0.2) is 0 Å². The lowest BCUT2D eigenvalue weighted by atomic mass is 10.2. The van der Waals surface area contributed by atoms with Gasteiger partial charge < -0.3 is 24.0 Å². The van der Waals surface area contributed by atoms with E-state index in [1.165, 1.54) is 11.8 Å². The van der Waals surface area contributed by atoms with E-state index in [1.807, 2.05) is 26.0 Å². The van der Waals surface area contributed by atoms with E-state index >= 15 is 0 Å². The molecular weight excluding hydrogens is 444 g/mol. The van der Waals surface area contributed by atoms with Crippen molar-refractivity contribution in [2.75, 3.05) is 33.9 Å². The fourth-order valence-electron chi connectivity index (χ4n) is 3.66. The van der Waals surface area contributed by atoms with E-state index in [2.05, 4.69) is 0 Å². The van der Waals surface area contributed by atoms with Crippen LogP contribution in [0.3, 0.4) is 0 Å². The van der Waals surface area contributed by atoms with Crippen molar-refractivity contribution in [1.29, 1.82) is 0 Å². The fraction of sp³-hybridized carbons (Fsp3) is 0.458. The maximum Gasteiger partial charge on any atom is 0.264 e. The third-order valence-electron chi connectivity index (χ3n) is 5.44.